The van der Waals surface area contributed by atoms with Crippen molar-refractivity contribution in [3.05, 3.63) is 30.6 Å². The van der Waals surface area contributed by atoms with Gasteiger partial charge in [0.05, 0.1) is 23.1 Å². The third-order valence-electron chi connectivity index (χ3n) is 2.39. The van der Waals surface area contributed by atoms with Crippen LogP contribution in [0.2, 0.25) is 0 Å². The Labute approximate surface area is 96.1 Å². The van der Waals surface area contributed by atoms with Crippen molar-refractivity contribution in [3.8, 4) is 22.6 Å². The van der Waals surface area contributed by atoms with Crippen molar-refractivity contribution in [1.82, 2.24) is 30.6 Å². The van der Waals surface area contributed by atoms with Gasteiger partial charge in [0.25, 0.3) is 0 Å². The predicted octanol–water partition coefficient (Wildman–Crippen LogP) is 0.839. The summed E-state index contributed by atoms with van der Waals surface area (Å²) in [4.78, 5) is 4.25. The highest BCUT2D eigenvalue weighted by Crippen LogP contribution is 2.31. The zero-order valence-electron chi connectivity index (χ0n) is 8.75. The maximum Gasteiger partial charge on any atom is 0.155 e. The van der Waals surface area contributed by atoms with Gasteiger partial charge in [0, 0.05) is 6.20 Å². The second-order valence-electron chi connectivity index (χ2n) is 3.43. The zero-order valence-corrected chi connectivity index (χ0v) is 8.75. The van der Waals surface area contributed by atoms with Gasteiger partial charge in [-0.3, -0.25) is 10.1 Å². The van der Waals surface area contributed by atoms with Crippen molar-refractivity contribution in [2.75, 3.05) is 5.73 Å². The first-order valence-electron chi connectivity index (χ1n) is 4.97. The normalized spacial score (nSPS) is 10.6. The highest BCUT2D eigenvalue weighted by molar-refractivity contribution is 5.84. The maximum atomic E-state index is 5.84. The molecular formula is C10H9N7. The van der Waals surface area contributed by atoms with E-state index >= 15 is 0 Å². The largest absolute Gasteiger partial charge is 0.382 e. The smallest absolute Gasteiger partial charge is 0.155 e. The molecule has 3 heterocycles. The topological polar surface area (TPSA) is 109 Å². The lowest BCUT2D eigenvalue weighted by atomic mass is 10.1. The highest BCUT2D eigenvalue weighted by atomic mass is 15.3. The zero-order chi connectivity index (χ0) is 11.7. The Morgan fingerprint density at radius 2 is 2.06 bits per heavy atom. The van der Waals surface area contributed by atoms with Gasteiger partial charge >= 0.3 is 0 Å². The Balaban J connectivity index is 2.20. The van der Waals surface area contributed by atoms with Gasteiger partial charge in [-0.05, 0) is 12.1 Å². The number of nitrogens with zero attached hydrogens (tertiary/aromatic N) is 4. The van der Waals surface area contributed by atoms with Crippen LogP contribution in [0, 0.1) is 0 Å². The van der Waals surface area contributed by atoms with E-state index in [9.17, 15) is 0 Å². The molecule has 0 aliphatic rings. The Morgan fingerprint density at radius 3 is 2.76 bits per heavy atom. The molecule has 7 nitrogen and oxygen atoms in total. The van der Waals surface area contributed by atoms with Gasteiger partial charge in [-0.25, -0.2) is 0 Å². The molecule has 0 fully saturated rings. The maximum absolute atomic E-state index is 5.84. The van der Waals surface area contributed by atoms with Gasteiger partial charge in [-0.15, -0.1) is 0 Å². The number of aromatic amines is 2. The molecule has 0 spiro atoms. The minimum Gasteiger partial charge on any atom is -0.382 e. The van der Waals surface area contributed by atoms with Crippen LogP contribution in [-0.4, -0.2) is 30.6 Å². The molecule has 84 valence electrons. The molecule has 3 aromatic heterocycles. The van der Waals surface area contributed by atoms with Crippen LogP contribution >= 0.6 is 0 Å². The van der Waals surface area contributed by atoms with Crippen LogP contribution in [0.1, 0.15) is 0 Å². The van der Waals surface area contributed by atoms with Crippen molar-refractivity contribution >= 4 is 5.82 Å². The third kappa shape index (κ3) is 1.53. The first kappa shape index (κ1) is 9.52. The minimum atomic E-state index is 0.390. The van der Waals surface area contributed by atoms with E-state index in [1.165, 1.54) is 0 Å². The molecule has 7 heteroatoms. The summed E-state index contributed by atoms with van der Waals surface area (Å²) in [6, 6.07) is 5.60. The predicted molar refractivity (Wildman–Crippen MR) is 61.6 cm³/mol. The number of nitrogens with two attached hydrogens (primary N) is 1. The molecule has 0 amide bonds. The summed E-state index contributed by atoms with van der Waals surface area (Å²) in [5.74, 6) is 0.390. The van der Waals surface area contributed by atoms with Crippen molar-refractivity contribution in [1.29, 1.82) is 0 Å². The Bertz CT molecular complexity index is 611. The van der Waals surface area contributed by atoms with Crippen LogP contribution in [0.4, 0.5) is 5.82 Å². The van der Waals surface area contributed by atoms with E-state index < -0.39 is 0 Å². The van der Waals surface area contributed by atoms with Crippen molar-refractivity contribution in [2.45, 2.75) is 0 Å². The Morgan fingerprint density at radius 1 is 1.12 bits per heavy atom. The molecule has 0 aliphatic carbocycles. The standard InChI is InChI=1S/C10H9N7/c11-10-8(6-3-1-2-4-12-6)9(15-16-10)7-5-13-17-14-7/h1-5H,(H3,11,15,16)(H,13,14,17). The molecule has 3 rings (SSSR count). The number of pyridine rings is 1. The molecule has 0 atom stereocenters. The van der Waals surface area contributed by atoms with Crippen LogP contribution in [0.15, 0.2) is 30.6 Å². The molecule has 0 saturated carbocycles. The lowest BCUT2D eigenvalue weighted by molar-refractivity contribution is 0.940. The van der Waals surface area contributed by atoms with E-state index in [0.29, 0.717) is 17.2 Å². The molecule has 0 saturated heterocycles. The quantitative estimate of drug-likeness (QED) is 0.601. The van der Waals surface area contributed by atoms with E-state index in [1.807, 2.05) is 18.2 Å². The van der Waals surface area contributed by atoms with Gasteiger partial charge < -0.3 is 5.73 Å². The minimum absolute atomic E-state index is 0.390. The summed E-state index contributed by atoms with van der Waals surface area (Å²) in [6.07, 6.45) is 3.30. The summed E-state index contributed by atoms with van der Waals surface area (Å²) in [5.41, 5.74) is 8.67. The van der Waals surface area contributed by atoms with Gasteiger partial charge in [-0.1, -0.05) is 6.07 Å². The van der Waals surface area contributed by atoms with Gasteiger partial charge in [0.15, 0.2) is 5.82 Å². The summed E-state index contributed by atoms with van der Waals surface area (Å²) >= 11 is 0. The highest BCUT2D eigenvalue weighted by Gasteiger charge is 2.16. The fraction of sp³-hybridized carbons (Fsp3) is 0. The van der Waals surface area contributed by atoms with Crippen LogP contribution in [-0.2, 0) is 0 Å². The molecular weight excluding hydrogens is 218 g/mol. The SMILES string of the molecule is Nc1n[nH]c(-c2cn[nH]n2)c1-c1ccccn1. The fourth-order valence-corrected chi connectivity index (χ4v) is 1.63. The number of aromatic nitrogens is 6. The molecule has 0 bridgehead atoms. The Kier molecular flexibility index (Phi) is 2.08. The second-order valence-corrected chi connectivity index (χ2v) is 3.43. The number of H-pyrrole nitrogens is 2. The van der Waals surface area contributed by atoms with E-state index in [4.69, 9.17) is 5.73 Å². The molecule has 0 aromatic carbocycles. The van der Waals surface area contributed by atoms with Crippen molar-refractivity contribution in [3.63, 3.8) is 0 Å². The number of hydrogen-bond donors (Lipinski definition) is 3. The van der Waals surface area contributed by atoms with Crippen molar-refractivity contribution < 1.29 is 0 Å². The molecule has 17 heavy (non-hydrogen) atoms. The molecule has 0 aliphatic heterocycles. The van der Waals surface area contributed by atoms with Crippen LogP contribution in [0.3, 0.4) is 0 Å². The van der Waals surface area contributed by atoms with Crippen LogP contribution in [0.25, 0.3) is 22.6 Å². The van der Waals surface area contributed by atoms with E-state index in [2.05, 4.69) is 30.6 Å². The van der Waals surface area contributed by atoms with Crippen LogP contribution < -0.4 is 5.73 Å². The molecule has 3 aromatic rings. The van der Waals surface area contributed by atoms with Gasteiger partial charge in [-0.2, -0.15) is 20.5 Å². The second kappa shape index (κ2) is 3.71. The van der Waals surface area contributed by atoms with E-state index in [-0.39, 0.29) is 0 Å². The Hall–Kier alpha value is -2.70. The van der Waals surface area contributed by atoms with Gasteiger partial charge in [0.2, 0.25) is 0 Å². The average molecular weight is 227 g/mol. The third-order valence-corrected chi connectivity index (χ3v) is 2.39. The fourth-order valence-electron chi connectivity index (χ4n) is 1.63. The number of rotatable bonds is 2. The first-order chi connectivity index (χ1) is 8.36. The first-order valence-corrected chi connectivity index (χ1v) is 4.97. The van der Waals surface area contributed by atoms with Crippen LogP contribution in [0.5, 0.6) is 0 Å². The summed E-state index contributed by atoms with van der Waals surface area (Å²) in [6.45, 7) is 0. The molecule has 4 N–H and O–H groups in total. The summed E-state index contributed by atoms with van der Waals surface area (Å²) in [7, 11) is 0. The van der Waals surface area contributed by atoms with Gasteiger partial charge in [0.1, 0.15) is 5.69 Å². The molecule has 0 unspecified atom stereocenters. The summed E-state index contributed by atoms with van der Waals surface area (Å²) in [5, 5.41) is 17.1. The summed E-state index contributed by atoms with van der Waals surface area (Å²) < 4.78 is 0. The van der Waals surface area contributed by atoms with Crippen molar-refractivity contribution in [2.24, 2.45) is 0 Å². The van der Waals surface area contributed by atoms with E-state index in [1.54, 1.807) is 12.4 Å². The lowest BCUT2D eigenvalue weighted by Crippen LogP contribution is -1.90. The number of hydrogen-bond acceptors (Lipinski definition) is 5. The number of anilines is 1. The molecule has 0 radical (unpaired) electrons. The number of nitrogen functional groups attached to an aromatic ring is 1. The number of nitrogens with one attached hydrogen (secondary N) is 2. The average Bonchev–Trinajstić information content (AvgIpc) is 2.98. The van der Waals surface area contributed by atoms with E-state index in [0.717, 1.165) is 11.3 Å². The monoisotopic (exact) mass is 227 g/mol. The lowest BCUT2D eigenvalue weighted by Gasteiger charge is -2.00.